The summed E-state index contributed by atoms with van der Waals surface area (Å²) < 4.78 is 4.81. The van der Waals surface area contributed by atoms with Crippen LogP contribution in [0.15, 0.2) is 18.2 Å². The third kappa shape index (κ3) is 5.39. The van der Waals surface area contributed by atoms with Crippen molar-refractivity contribution in [2.75, 3.05) is 6.61 Å². The number of hydrogen-bond acceptors (Lipinski definition) is 3. The molecule has 1 amide bonds. The molecule has 0 aliphatic rings. The van der Waals surface area contributed by atoms with Gasteiger partial charge >= 0.3 is 5.97 Å². The second kappa shape index (κ2) is 8.12. The van der Waals surface area contributed by atoms with E-state index in [0.29, 0.717) is 23.1 Å². The number of nitrogens with one attached hydrogen (secondary N) is 1. The van der Waals surface area contributed by atoms with Gasteiger partial charge in [0.1, 0.15) is 6.04 Å². The summed E-state index contributed by atoms with van der Waals surface area (Å²) in [5, 5.41) is 3.67. The van der Waals surface area contributed by atoms with E-state index < -0.39 is 12.0 Å². The van der Waals surface area contributed by atoms with Gasteiger partial charge in [-0.15, -0.1) is 0 Å². The normalized spacial score (nSPS) is 11.8. The maximum Gasteiger partial charge on any atom is 0.328 e. The number of esters is 1. The van der Waals surface area contributed by atoms with Gasteiger partial charge in [-0.2, -0.15) is 0 Å². The molecular formula is C14H17Cl2NO3. The zero-order valence-corrected chi connectivity index (χ0v) is 12.9. The van der Waals surface area contributed by atoms with Crippen LogP contribution >= 0.6 is 23.2 Å². The summed E-state index contributed by atoms with van der Waals surface area (Å²) in [6, 6.07) is 4.50. The van der Waals surface area contributed by atoms with Gasteiger partial charge < -0.3 is 10.1 Å². The van der Waals surface area contributed by atoms with Crippen molar-refractivity contribution in [2.24, 2.45) is 0 Å². The Hall–Kier alpha value is -1.26. The Morgan fingerprint density at radius 3 is 2.65 bits per heavy atom. The molecule has 1 aromatic carbocycles. The number of ether oxygens (including phenoxy) is 1. The number of carbonyl (C=O) groups is 2. The van der Waals surface area contributed by atoms with Crippen LogP contribution in [0.25, 0.3) is 0 Å². The molecule has 1 atom stereocenters. The molecule has 0 radical (unpaired) electrons. The highest BCUT2D eigenvalue weighted by Crippen LogP contribution is 2.21. The van der Waals surface area contributed by atoms with Crippen LogP contribution in [0.3, 0.4) is 0 Å². The van der Waals surface area contributed by atoms with Crippen molar-refractivity contribution in [3.8, 4) is 0 Å². The van der Waals surface area contributed by atoms with Crippen molar-refractivity contribution in [3.63, 3.8) is 0 Å². The fourth-order valence-electron chi connectivity index (χ4n) is 1.61. The Kier molecular flexibility index (Phi) is 6.82. The second-order valence-corrected chi connectivity index (χ2v) is 5.12. The number of benzene rings is 1. The van der Waals surface area contributed by atoms with Crippen LogP contribution in [0, 0.1) is 0 Å². The van der Waals surface area contributed by atoms with E-state index in [2.05, 4.69) is 5.32 Å². The van der Waals surface area contributed by atoms with Gasteiger partial charge in [0.25, 0.3) is 0 Å². The zero-order valence-electron chi connectivity index (χ0n) is 11.4. The van der Waals surface area contributed by atoms with Gasteiger partial charge in [0.15, 0.2) is 0 Å². The first kappa shape index (κ1) is 16.8. The largest absolute Gasteiger partial charge is 0.464 e. The van der Waals surface area contributed by atoms with E-state index in [0.717, 1.165) is 5.56 Å². The molecule has 0 spiro atoms. The molecule has 1 unspecified atom stereocenters. The smallest absolute Gasteiger partial charge is 0.328 e. The van der Waals surface area contributed by atoms with Gasteiger partial charge in [-0.25, -0.2) is 4.79 Å². The minimum Gasteiger partial charge on any atom is -0.464 e. The van der Waals surface area contributed by atoms with E-state index in [9.17, 15) is 9.59 Å². The second-order valence-electron chi connectivity index (χ2n) is 4.28. The van der Waals surface area contributed by atoms with Gasteiger partial charge in [-0.05, 0) is 38.0 Å². The monoisotopic (exact) mass is 317 g/mol. The molecule has 20 heavy (non-hydrogen) atoms. The predicted molar refractivity (Wildman–Crippen MR) is 79.0 cm³/mol. The summed E-state index contributed by atoms with van der Waals surface area (Å²) in [5.74, 6) is -0.665. The Morgan fingerprint density at radius 2 is 2.05 bits per heavy atom. The van der Waals surface area contributed by atoms with Crippen LogP contribution < -0.4 is 5.32 Å². The molecule has 6 heteroatoms. The van der Waals surface area contributed by atoms with E-state index in [1.807, 2.05) is 0 Å². The lowest BCUT2D eigenvalue weighted by Crippen LogP contribution is -2.39. The quantitative estimate of drug-likeness (QED) is 0.820. The lowest BCUT2D eigenvalue weighted by atomic mass is 10.1. The summed E-state index contributed by atoms with van der Waals surface area (Å²) in [7, 11) is 0. The molecule has 110 valence electrons. The molecule has 0 aliphatic carbocycles. The van der Waals surface area contributed by atoms with Crippen LogP contribution in [-0.4, -0.2) is 24.5 Å². The van der Waals surface area contributed by atoms with Crippen molar-refractivity contribution in [1.29, 1.82) is 0 Å². The van der Waals surface area contributed by atoms with E-state index in [1.54, 1.807) is 32.0 Å². The molecule has 1 rings (SSSR count). The fourth-order valence-corrected chi connectivity index (χ4v) is 2.12. The highest BCUT2D eigenvalue weighted by atomic mass is 35.5. The minimum atomic E-state index is -0.650. The number of amides is 1. The Morgan fingerprint density at radius 1 is 1.35 bits per heavy atom. The molecule has 0 heterocycles. The Labute approximate surface area is 128 Å². The van der Waals surface area contributed by atoms with Crippen LogP contribution in [0.5, 0.6) is 0 Å². The Balaban J connectivity index is 2.45. The van der Waals surface area contributed by atoms with Gasteiger partial charge in [-0.1, -0.05) is 29.3 Å². The van der Waals surface area contributed by atoms with E-state index in [4.69, 9.17) is 27.9 Å². The highest BCUT2D eigenvalue weighted by molar-refractivity contribution is 6.35. The average molecular weight is 318 g/mol. The Bertz CT molecular complexity index is 491. The van der Waals surface area contributed by atoms with E-state index in [1.165, 1.54) is 0 Å². The number of aryl methyl sites for hydroxylation is 1. The third-order valence-corrected chi connectivity index (χ3v) is 3.24. The summed E-state index contributed by atoms with van der Waals surface area (Å²) in [5.41, 5.74) is 0.843. The molecule has 0 aromatic heterocycles. The molecule has 0 saturated carbocycles. The maximum absolute atomic E-state index is 11.7. The molecule has 0 saturated heterocycles. The molecule has 1 aromatic rings. The van der Waals surface area contributed by atoms with Gasteiger partial charge in [0.05, 0.1) is 6.61 Å². The van der Waals surface area contributed by atoms with Crippen molar-refractivity contribution in [1.82, 2.24) is 5.32 Å². The predicted octanol–water partition coefficient (Wildman–Crippen LogP) is 2.99. The van der Waals surface area contributed by atoms with Crippen molar-refractivity contribution >= 4 is 35.1 Å². The number of rotatable bonds is 6. The van der Waals surface area contributed by atoms with Crippen LogP contribution in [0.1, 0.15) is 25.8 Å². The highest BCUT2D eigenvalue weighted by Gasteiger charge is 2.16. The summed E-state index contributed by atoms with van der Waals surface area (Å²) >= 11 is 11.8. The SMILES string of the molecule is CCOC(=O)C(C)NC(=O)CCc1ccc(Cl)cc1Cl. The molecule has 0 aliphatic heterocycles. The topological polar surface area (TPSA) is 55.4 Å². The number of hydrogen-bond donors (Lipinski definition) is 1. The van der Waals surface area contributed by atoms with E-state index >= 15 is 0 Å². The number of carbonyl (C=O) groups excluding carboxylic acids is 2. The molecule has 4 nitrogen and oxygen atoms in total. The standard InChI is InChI=1S/C14H17Cl2NO3/c1-3-20-14(19)9(2)17-13(18)7-5-10-4-6-11(15)8-12(10)16/h4,6,8-9H,3,5,7H2,1-2H3,(H,17,18). The summed E-state index contributed by atoms with van der Waals surface area (Å²) in [6.07, 6.45) is 0.725. The lowest BCUT2D eigenvalue weighted by Gasteiger charge is -2.12. The summed E-state index contributed by atoms with van der Waals surface area (Å²) in [4.78, 5) is 23.1. The third-order valence-electron chi connectivity index (χ3n) is 2.65. The molecule has 1 N–H and O–H groups in total. The summed E-state index contributed by atoms with van der Waals surface area (Å²) in [6.45, 7) is 3.60. The zero-order chi connectivity index (χ0) is 15.1. The number of halogens is 2. The van der Waals surface area contributed by atoms with E-state index in [-0.39, 0.29) is 12.3 Å². The first-order valence-corrected chi connectivity index (χ1v) is 7.09. The van der Waals surface area contributed by atoms with Gasteiger partial charge in [0.2, 0.25) is 5.91 Å². The first-order chi connectivity index (χ1) is 9.43. The molecule has 0 fully saturated rings. The van der Waals surface area contributed by atoms with Crippen molar-refractivity contribution in [2.45, 2.75) is 32.7 Å². The molecule has 0 bridgehead atoms. The molecular weight excluding hydrogens is 301 g/mol. The average Bonchev–Trinajstić information content (AvgIpc) is 2.37. The van der Waals surface area contributed by atoms with Crippen LogP contribution in [0.2, 0.25) is 10.0 Å². The van der Waals surface area contributed by atoms with Crippen molar-refractivity contribution in [3.05, 3.63) is 33.8 Å². The minimum absolute atomic E-state index is 0.225. The fraction of sp³-hybridized carbons (Fsp3) is 0.429. The lowest BCUT2D eigenvalue weighted by molar-refractivity contribution is -0.146. The van der Waals surface area contributed by atoms with Crippen LogP contribution in [-0.2, 0) is 20.7 Å². The maximum atomic E-state index is 11.7. The van der Waals surface area contributed by atoms with Gasteiger partial charge in [-0.3, -0.25) is 4.79 Å². The first-order valence-electron chi connectivity index (χ1n) is 6.34. The van der Waals surface area contributed by atoms with Gasteiger partial charge in [0, 0.05) is 16.5 Å². The van der Waals surface area contributed by atoms with Crippen LogP contribution in [0.4, 0.5) is 0 Å². The van der Waals surface area contributed by atoms with Crippen molar-refractivity contribution < 1.29 is 14.3 Å².